The molecule has 4 aromatic rings. The van der Waals surface area contributed by atoms with E-state index in [1.165, 1.54) is 19.2 Å². The van der Waals surface area contributed by atoms with Crippen LogP contribution in [-0.2, 0) is 0 Å². The Labute approximate surface area is 229 Å². The van der Waals surface area contributed by atoms with Gasteiger partial charge in [-0.25, -0.2) is 4.39 Å². The Morgan fingerprint density at radius 3 is 2.42 bits per heavy atom. The minimum atomic E-state index is -1.63. The van der Waals surface area contributed by atoms with Gasteiger partial charge in [-0.1, -0.05) is 54.6 Å². The van der Waals surface area contributed by atoms with Gasteiger partial charge < -0.3 is 9.64 Å². The molecular weight excluding hydrogens is 507 g/mol. The van der Waals surface area contributed by atoms with E-state index in [2.05, 4.69) is 4.98 Å². The first-order valence-corrected chi connectivity index (χ1v) is 13.0. The van der Waals surface area contributed by atoms with Crippen molar-refractivity contribution in [3.05, 3.63) is 131 Å². The summed E-state index contributed by atoms with van der Waals surface area (Å²) in [6, 6.07) is 19.8. The minimum Gasteiger partial charge on any atom is -0.497 e. The van der Waals surface area contributed by atoms with Crippen molar-refractivity contribution < 1.29 is 23.5 Å². The number of Topliss-reactive ketones (excluding diaryl/α,β-unsaturated/α-hetero) is 3. The van der Waals surface area contributed by atoms with Crippen LogP contribution in [0.25, 0.3) is 6.08 Å². The molecule has 2 aliphatic heterocycles. The van der Waals surface area contributed by atoms with Crippen LogP contribution in [0, 0.1) is 11.2 Å². The number of ether oxygens (including phenoxy) is 1. The summed E-state index contributed by atoms with van der Waals surface area (Å²) in [6.45, 7) is 0. The van der Waals surface area contributed by atoms with Gasteiger partial charge in [0.05, 0.1) is 13.2 Å². The molecule has 1 aromatic heterocycles. The highest BCUT2D eigenvalue weighted by Gasteiger charge is 2.71. The molecular formula is C33H23FN2O4. The lowest BCUT2D eigenvalue weighted by molar-refractivity contribution is 0.0665. The molecule has 6 nitrogen and oxygen atoms in total. The molecule has 3 aromatic carbocycles. The number of hydrogen-bond acceptors (Lipinski definition) is 6. The number of anilines is 1. The summed E-state index contributed by atoms with van der Waals surface area (Å²) >= 11 is 0. The van der Waals surface area contributed by atoms with Crippen molar-refractivity contribution >= 4 is 29.1 Å². The summed E-state index contributed by atoms with van der Waals surface area (Å²) in [5.74, 6) is -1.72. The number of rotatable bonds is 4. The van der Waals surface area contributed by atoms with Crippen LogP contribution < -0.4 is 9.64 Å². The van der Waals surface area contributed by atoms with Crippen LogP contribution in [0.2, 0.25) is 0 Å². The lowest BCUT2D eigenvalue weighted by Crippen LogP contribution is -2.48. The maximum Gasteiger partial charge on any atom is 0.186 e. The smallest absolute Gasteiger partial charge is 0.186 e. The highest BCUT2D eigenvalue weighted by atomic mass is 19.1. The molecule has 0 bridgehead atoms. The maximum atomic E-state index is 14.6. The number of halogens is 1. The number of hydrogen-bond donors (Lipinski definition) is 0. The molecule has 0 N–H and O–H groups in total. The molecule has 0 saturated carbocycles. The largest absolute Gasteiger partial charge is 0.497 e. The van der Waals surface area contributed by atoms with Gasteiger partial charge in [0.15, 0.2) is 17.3 Å². The molecule has 1 unspecified atom stereocenters. The molecule has 1 saturated heterocycles. The van der Waals surface area contributed by atoms with Gasteiger partial charge >= 0.3 is 0 Å². The van der Waals surface area contributed by atoms with Crippen LogP contribution in [0.4, 0.5) is 10.1 Å². The average Bonchev–Trinajstić information content (AvgIpc) is 3.43. The first kappa shape index (κ1) is 24.2. The lowest BCUT2D eigenvalue weighted by Gasteiger charge is -2.37. The number of carbonyl (C=O) groups is 3. The Morgan fingerprint density at radius 1 is 0.950 bits per heavy atom. The van der Waals surface area contributed by atoms with Crippen molar-refractivity contribution in [2.24, 2.45) is 5.41 Å². The first-order chi connectivity index (χ1) is 19.5. The van der Waals surface area contributed by atoms with E-state index in [4.69, 9.17) is 4.74 Å². The Balaban J connectivity index is 1.54. The molecule has 1 fully saturated rings. The number of pyridine rings is 1. The highest BCUT2D eigenvalue weighted by molar-refractivity contribution is 6.32. The predicted molar refractivity (Wildman–Crippen MR) is 147 cm³/mol. The number of methoxy groups -OCH3 is 1. The number of benzene rings is 3. The van der Waals surface area contributed by atoms with E-state index in [1.807, 2.05) is 11.0 Å². The van der Waals surface area contributed by atoms with Crippen LogP contribution in [0.3, 0.4) is 0 Å². The molecule has 3 heterocycles. The Morgan fingerprint density at radius 2 is 1.73 bits per heavy atom. The number of fused-ring (bicyclic) bond motifs is 5. The number of ketones is 3. The second kappa shape index (κ2) is 8.81. The van der Waals surface area contributed by atoms with E-state index in [0.717, 1.165) is 0 Å². The zero-order valence-electron chi connectivity index (χ0n) is 21.5. The highest BCUT2D eigenvalue weighted by Crippen LogP contribution is 2.60. The fraction of sp³-hybridized carbons (Fsp3) is 0.152. The third-order valence-corrected chi connectivity index (χ3v) is 8.43. The summed E-state index contributed by atoms with van der Waals surface area (Å²) in [4.78, 5) is 49.9. The molecule has 0 amide bonds. The zero-order chi connectivity index (χ0) is 27.6. The van der Waals surface area contributed by atoms with Crippen molar-refractivity contribution in [1.29, 1.82) is 0 Å². The van der Waals surface area contributed by atoms with E-state index in [-0.39, 0.29) is 17.3 Å². The van der Waals surface area contributed by atoms with Gasteiger partial charge in [0.25, 0.3) is 0 Å². The molecule has 7 heteroatoms. The molecule has 40 heavy (non-hydrogen) atoms. The van der Waals surface area contributed by atoms with E-state index in [9.17, 15) is 18.8 Å². The Hall–Kier alpha value is -4.91. The normalized spacial score (nSPS) is 21.8. The van der Waals surface area contributed by atoms with Gasteiger partial charge in [0.1, 0.15) is 23.0 Å². The SMILES string of the molecule is COc1cccc(C(=O)[C@H]2[C@H](c3cccnc3)C3(C(=O)c4ccccc4C3=O)C3C=Cc4cc(F)ccc4N32)c1. The fourth-order valence-electron chi connectivity index (χ4n) is 6.83. The van der Waals surface area contributed by atoms with Crippen molar-refractivity contribution in [1.82, 2.24) is 4.98 Å². The van der Waals surface area contributed by atoms with Crippen LogP contribution in [0.5, 0.6) is 5.75 Å². The number of nitrogens with zero attached hydrogens (tertiary/aromatic N) is 2. The van der Waals surface area contributed by atoms with Crippen LogP contribution in [0.15, 0.2) is 97.3 Å². The first-order valence-electron chi connectivity index (χ1n) is 13.0. The average molecular weight is 531 g/mol. The molecule has 0 radical (unpaired) electrons. The third-order valence-electron chi connectivity index (χ3n) is 8.43. The second-order valence-corrected chi connectivity index (χ2v) is 10.3. The monoisotopic (exact) mass is 530 g/mol. The van der Waals surface area contributed by atoms with Gasteiger partial charge in [-0.3, -0.25) is 19.4 Å². The van der Waals surface area contributed by atoms with E-state index in [0.29, 0.717) is 39.3 Å². The van der Waals surface area contributed by atoms with E-state index in [1.54, 1.807) is 85.2 Å². The fourth-order valence-corrected chi connectivity index (χ4v) is 6.83. The van der Waals surface area contributed by atoms with Gasteiger partial charge in [-0.15, -0.1) is 0 Å². The predicted octanol–water partition coefficient (Wildman–Crippen LogP) is 5.55. The maximum absolute atomic E-state index is 14.6. The van der Waals surface area contributed by atoms with Crippen molar-refractivity contribution in [2.45, 2.75) is 18.0 Å². The van der Waals surface area contributed by atoms with Crippen LogP contribution >= 0.6 is 0 Å². The topological polar surface area (TPSA) is 76.6 Å². The standard InChI is InChI=1S/C33H23FN2O4/c1-40-23-8-4-6-20(17-23)30(37)29-28(21-7-5-15-35-18-21)33(31(38)24-9-2-3-10-25(24)32(33)39)27-14-11-19-16-22(34)12-13-26(19)36(27)29/h2-18,27-29H,1H3/t27?,28-,29+/m0/s1. The molecule has 3 aliphatic rings. The van der Waals surface area contributed by atoms with Crippen molar-refractivity contribution in [2.75, 3.05) is 12.0 Å². The van der Waals surface area contributed by atoms with Gasteiger partial charge in [-0.2, -0.15) is 0 Å². The zero-order valence-corrected chi connectivity index (χ0v) is 21.5. The van der Waals surface area contributed by atoms with Gasteiger partial charge in [-0.05, 0) is 42.0 Å². The van der Waals surface area contributed by atoms with E-state index < -0.39 is 29.2 Å². The summed E-state index contributed by atoms with van der Waals surface area (Å²) in [5, 5.41) is 0. The Bertz CT molecular complexity index is 1710. The summed E-state index contributed by atoms with van der Waals surface area (Å²) in [6.07, 6.45) is 6.74. The summed E-state index contributed by atoms with van der Waals surface area (Å²) in [5.41, 5.74) is 1.18. The van der Waals surface area contributed by atoms with Crippen molar-refractivity contribution in [3.63, 3.8) is 0 Å². The molecule has 196 valence electrons. The molecule has 3 atom stereocenters. The summed E-state index contributed by atoms with van der Waals surface area (Å²) < 4.78 is 19.7. The van der Waals surface area contributed by atoms with Gasteiger partial charge in [0, 0.05) is 46.3 Å². The molecule has 1 spiro atoms. The lowest BCUT2D eigenvalue weighted by atomic mass is 9.64. The van der Waals surface area contributed by atoms with E-state index >= 15 is 0 Å². The van der Waals surface area contributed by atoms with Crippen molar-refractivity contribution in [3.8, 4) is 5.75 Å². The summed E-state index contributed by atoms with van der Waals surface area (Å²) in [7, 11) is 1.52. The third kappa shape index (κ3) is 3.14. The molecule has 1 aliphatic carbocycles. The van der Waals surface area contributed by atoms with Crippen LogP contribution in [-0.4, -0.2) is 41.5 Å². The van der Waals surface area contributed by atoms with Crippen LogP contribution in [0.1, 0.15) is 48.1 Å². The minimum absolute atomic E-state index is 0.281. The number of aromatic nitrogens is 1. The van der Waals surface area contributed by atoms with Gasteiger partial charge in [0.2, 0.25) is 0 Å². The number of carbonyl (C=O) groups excluding carboxylic acids is 3. The quantitative estimate of drug-likeness (QED) is 0.255. The molecule has 7 rings (SSSR count). The second-order valence-electron chi connectivity index (χ2n) is 10.3. The Kier molecular flexibility index (Phi) is 5.32.